The Morgan fingerprint density at radius 3 is 1.12 bits per heavy atom. The monoisotopic (exact) mass is 306 g/mol. The average molecular weight is 306 g/mol. The summed E-state index contributed by atoms with van der Waals surface area (Å²) in [6.45, 7) is 8.09. The molecule has 10 saturated heterocycles. The molecule has 0 bridgehead atoms. The summed E-state index contributed by atoms with van der Waals surface area (Å²) < 4.78 is 2.41. The molecule has 4 unspecified atom stereocenters. The third-order valence-corrected chi connectivity index (χ3v) is 72.4. The Morgan fingerprint density at radius 2 is 1.00 bits per heavy atom. The standard InChI is InChI=1S/C9H15P2.C5H5.Fe/c1-10(2)8-6-5-7-9(8)11(3)4;1-2-4-5-3-1;/h5-7H,1-4H3;1-5H;. The number of rotatable bonds is 2. The van der Waals surface area contributed by atoms with Crippen molar-refractivity contribution >= 4 is 15.8 Å². The zero-order valence-corrected chi connectivity index (χ0v) is 13.8. The average Bonchev–Trinajstić information content (AvgIpc) is 3.22. The van der Waals surface area contributed by atoms with Crippen molar-refractivity contribution < 1.29 is 6.51 Å². The molecule has 10 aliphatic rings. The van der Waals surface area contributed by atoms with Crippen LogP contribution < -0.4 is 0 Å². The van der Waals surface area contributed by atoms with Gasteiger partial charge in [-0.3, -0.25) is 0 Å². The van der Waals surface area contributed by atoms with Gasteiger partial charge in [-0.2, -0.15) is 0 Å². The quantitative estimate of drug-likeness (QED) is 0.513. The van der Waals surface area contributed by atoms with Crippen LogP contribution in [-0.2, 0) is 6.51 Å². The minimum absolute atomic E-state index is 0.417. The molecule has 10 rings (SSSR count). The summed E-state index contributed by atoms with van der Waals surface area (Å²) in [5.41, 5.74) is 0. The van der Waals surface area contributed by atoms with E-state index in [2.05, 4.69) is 26.7 Å². The van der Waals surface area contributed by atoms with E-state index in [1.165, 1.54) is 46.6 Å². The minimum atomic E-state index is -2.84. The molecule has 0 aliphatic carbocycles. The molecule has 0 aromatic rings. The van der Waals surface area contributed by atoms with Gasteiger partial charge in [-0.1, -0.05) is 0 Å². The van der Waals surface area contributed by atoms with Crippen molar-refractivity contribution in [1.82, 2.24) is 0 Å². The van der Waals surface area contributed by atoms with E-state index in [1.807, 2.05) is 0 Å². The van der Waals surface area contributed by atoms with Crippen molar-refractivity contribution in [2.45, 2.75) is 46.6 Å². The molecule has 94 valence electrons. The number of hydrogen-bond donors (Lipinski definition) is 0. The van der Waals surface area contributed by atoms with E-state index in [-0.39, 0.29) is 0 Å². The Balaban J connectivity index is 1.75. The van der Waals surface area contributed by atoms with Crippen LogP contribution in [0.25, 0.3) is 0 Å². The van der Waals surface area contributed by atoms with Crippen LogP contribution in [0.5, 0.6) is 0 Å². The van der Waals surface area contributed by atoms with Gasteiger partial charge >= 0.3 is 95.7 Å². The van der Waals surface area contributed by atoms with Gasteiger partial charge in [0.25, 0.3) is 0 Å². The van der Waals surface area contributed by atoms with Crippen molar-refractivity contribution in [2.24, 2.45) is 0 Å². The molecule has 4 atom stereocenters. The summed E-state index contributed by atoms with van der Waals surface area (Å²) >= 11 is 0. The molecule has 0 saturated carbocycles. The van der Waals surface area contributed by atoms with Crippen LogP contribution >= 0.6 is 15.8 Å². The van der Waals surface area contributed by atoms with Crippen LogP contribution in [0.3, 0.4) is 0 Å². The molecule has 17 heavy (non-hydrogen) atoms. The van der Waals surface area contributed by atoms with Crippen molar-refractivity contribution in [3.05, 3.63) is 0 Å². The van der Waals surface area contributed by atoms with Crippen LogP contribution in [0.2, 0.25) is 38.5 Å². The van der Waals surface area contributed by atoms with Gasteiger partial charge in [0.1, 0.15) is 0 Å². The maximum atomic E-state index is 2.73. The summed E-state index contributed by atoms with van der Waals surface area (Å²) in [5.74, 6) is 0. The van der Waals surface area contributed by atoms with Gasteiger partial charge in [-0.15, -0.1) is 0 Å². The van der Waals surface area contributed by atoms with Gasteiger partial charge in [0.05, 0.1) is 0 Å². The Hall–Kier alpha value is 1.38. The van der Waals surface area contributed by atoms with Crippen LogP contribution in [0.15, 0.2) is 0 Å². The van der Waals surface area contributed by atoms with Gasteiger partial charge in [0.2, 0.25) is 0 Å². The second-order valence-corrected chi connectivity index (χ2v) is 40.5. The second-order valence-electron chi connectivity index (χ2n) is 11.5. The molecule has 3 heteroatoms. The van der Waals surface area contributed by atoms with E-state index in [9.17, 15) is 0 Å². The Labute approximate surface area is 95.5 Å². The van der Waals surface area contributed by atoms with Gasteiger partial charge in [0.15, 0.2) is 0 Å². The first-order valence-electron chi connectivity index (χ1n) is 7.38. The predicted molar refractivity (Wildman–Crippen MR) is 73.0 cm³/mol. The van der Waals surface area contributed by atoms with Crippen LogP contribution in [0.1, 0.15) is 0 Å². The molecule has 0 nitrogen and oxygen atoms in total. The molecule has 10 heterocycles. The molecule has 10 fully saturated rings. The fourth-order valence-electron chi connectivity index (χ4n) is 18.9. The van der Waals surface area contributed by atoms with E-state index in [4.69, 9.17) is 0 Å². The molecular formula is C14H20FeP2. The van der Waals surface area contributed by atoms with Crippen LogP contribution in [0.4, 0.5) is 0 Å². The number of fused-ring (bicyclic) bond motifs is 10. The summed E-state index contributed by atoms with van der Waals surface area (Å²) in [7, 11) is 0.835. The molecule has 0 aromatic carbocycles. The number of hydrogen-bond acceptors (Lipinski definition) is 0. The predicted octanol–water partition coefficient (Wildman–Crippen LogP) is 4.67. The summed E-state index contributed by atoms with van der Waals surface area (Å²) in [6.07, 6.45) is 0. The van der Waals surface area contributed by atoms with Crippen molar-refractivity contribution in [2.75, 3.05) is 26.7 Å². The topological polar surface area (TPSA) is 0 Å². The molecule has 1 spiro atoms. The third-order valence-electron chi connectivity index (χ3n) is 16.0. The molecule has 0 N–H and O–H groups in total. The van der Waals surface area contributed by atoms with E-state index < -0.39 is 6.51 Å². The van der Waals surface area contributed by atoms with Crippen molar-refractivity contribution in [1.29, 1.82) is 0 Å². The maximum absolute atomic E-state index is 2.84. The van der Waals surface area contributed by atoms with E-state index in [0.29, 0.717) is 15.8 Å². The van der Waals surface area contributed by atoms with Gasteiger partial charge in [0, 0.05) is 0 Å². The molecule has 10 aliphatic heterocycles. The summed E-state index contributed by atoms with van der Waals surface area (Å²) in [4.78, 5) is 12.3. The fraction of sp³-hybridized carbons (Fsp3) is 1.00. The first-order chi connectivity index (χ1) is 7.82. The fourth-order valence-corrected chi connectivity index (χ4v) is 131. The van der Waals surface area contributed by atoms with Crippen molar-refractivity contribution in [3.63, 3.8) is 0 Å². The third kappa shape index (κ3) is 0.0711. The van der Waals surface area contributed by atoms with Gasteiger partial charge in [-0.05, 0) is 0 Å². The molecule has 0 aromatic heterocycles. The first-order valence-corrected chi connectivity index (χ1v) is 18.1. The second kappa shape index (κ2) is 0.597. The van der Waals surface area contributed by atoms with Crippen LogP contribution in [0, 0.1) is 0 Å². The van der Waals surface area contributed by atoms with E-state index in [1.54, 1.807) is 0 Å². The van der Waals surface area contributed by atoms with Crippen molar-refractivity contribution in [3.8, 4) is 0 Å². The van der Waals surface area contributed by atoms with Gasteiger partial charge < -0.3 is 0 Å². The van der Waals surface area contributed by atoms with E-state index in [0.717, 1.165) is 0 Å². The molecule has 0 radical (unpaired) electrons. The SMILES string of the molecule is CP(C)[C]12[CH]3[CH]4[CH]5[C]1(P(C)C)[Fe]43521678[CH]2[CH]1[CH]6[CH]7[CH]28. The summed E-state index contributed by atoms with van der Waals surface area (Å²) in [6, 6.07) is 0. The van der Waals surface area contributed by atoms with Crippen LogP contribution in [-0.4, -0.2) is 34.8 Å². The Morgan fingerprint density at radius 1 is 0.647 bits per heavy atom. The zero-order valence-electron chi connectivity index (χ0n) is 10.9. The molecular weight excluding hydrogens is 286 g/mol. The normalized spacial score (nSPS) is 124. The summed E-state index contributed by atoms with van der Waals surface area (Å²) in [5, 5.41) is 0. The van der Waals surface area contributed by atoms with E-state index >= 15 is 0 Å². The van der Waals surface area contributed by atoms with Gasteiger partial charge in [-0.25, -0.2) is 0 Å². The first kappa shape index (κ1) is 7.41. The zero-order chi connectivity index (χ0) is 11.1. The Bertz CT molecular complexity index is 908. The Kier molecular flexibility index (Phi) is 0.260. The molecule has 0 amide bonds.